The Morgan fingerprint density at radius 2 is 2.12 bits per heavy atom. The molecule has 0 fully saturated rings. The molecule has 0 bridgehead atoms. The molecule has 25 heavy (non-hydrogen) atoms. The highest BCUT2D eigenvalue weighted by atomic mass is 16.3. The fraction of sp³-hybridized carbons (Fsp3) is 0.278. The summed E-state index contributed by atoms with van der Waals surface area (Å²) in [4.78, 5) is 20.9. The van der Waals surface area contributed by atoms with E-state index in [1.165, 1.54) is 12.5 Å². The van der Waals surface area contributed by atoms with Gasteiger partial charge < -0.3 is 15.0 Å². The molecule has 3 aromatic rings. The van der Waals surface area contributed by atoms with Crippen LogP contribution in [0.5, 0.6) is 0 Å². The number of aromatic nitrogens is 4. The van der Waals surface area contributed by atoms with Gasteiger partial charge in [0.05, 0.1) is 37.0 Å². The second-order valence-electron chi connectivity index (χ2n) is 6.18. The number of carbonyl (C=O) groups is 1. The smallest absolute Gasteiger partial charge is 0.272 e. The Labute approximate surface area is 144 Å². The average molecular weight is 337 g/mol. The second-order valence-corrected chi connectivity index (χ2v) is 6.18. The van der Waals surface area contributed by atoms with Crippen molar-refractivity contribution in [1.82, 2.24) is 24.6 Å². The molecule has 0 saturated heterocycles. The molecule has 7 heteroatoms. The van der Waals surface area contributed by atoms with Crippen molar-refractivity contribution in [2.45, 2.75) is 25.6 Å². The van der Waals surface area contributed by atoms with Gasteiger partial charge in [-0.15, -0.1) is 0 Å². The van der Waals surface area contributed by atoms with Gasteiger partial charge in [-0.2, -0.15) is 5.10 Å². The summed E-state index contributed by atoms with van der Waals surface area (Å²) in [6, 6.07) is 11.7. The number of amides is 1. The zero-order valence-electron chi connectivity index (χ0n) is 13.7. The van der Waals surface area contributed by atoms with Crippen LogP contribution in [-0.4, -0.2) is 42.2 Å². The molecule has 1 atom stereocenters. The third-order valence-electron chi connectivity index (χ3n) is 4.45. The Kier molecular flexibility index (Phi) is 4.07. The van der Waals surface area contributed by atoms with Crippen LogP contribution in [0.1, 0.15) is 33.5 Å². The summed E-state index contributed by atoms with van der Waals surface area (Å²) in [5.74, 6) is -0.0728. The van der Waals surface area contributed by atoms with E-state index < -0.39 is 6.10 Å². The Hall–Kier alpha value is -2.93. The van der Waals surface area contributed by atoms with E-state index in [-0.39, 0.29) is 5.91 Å². The molecule has 0 aliphatic carbocycles. The standard InChI is InChI=1S/C18H19N5O2/c24-17(8-13-4-2-1-3-5-13)15-9-14-11-22(6-7-23(14)21-15)18(25)16-10-19-12-20-16/h1-5,9-10,12,17,24H,6-8,11H2,(H,19,20)/t17-/m1/s1. The van der Waals surface area contributed by atoms with Gasteiger partial charge in [0, 0.05) is 13.0 Å². The molecular weight excluding hydrogens is 318 g/mol. The maximum absolute atomic E-state index is 12.4. The van der Waals surface area contributed by atoms with Gasteiger partial charge in [0.2, 0.25) is 0 Å². The van der Waals surface area contributed by atoms with Crippen molar-refractivity contribution < 1.29 is 9.90 Å². The number of nitrogens with zero attached hydrogens (tertiary/aromatic N) is 4. The molecule has 128 valence electrons. The van der Waals surface area contributed by atoms with Gasteiger partial charge in [-0.05, 0) is 11.6 Å². The maximum Gasteiger partial charge on any atom is 0.272 e. The highest BCUT2D eigenvalue weighted by molar-refractivity contribution is 5.92. The zero-order valence-corrected chi connectivity index (χ0v) is 13.7. The largest absolute Gasteiger partial charge is 0.386 e. The molecule has 0 saturated carbocycles. The van der Waals surface area contributed by atoms with E-state index >= 15 is 0 Å². The highest BCUT2D eigenvalue weighted by Gasteiger charge is 2.25. The molecule has 1 aliphatic rings. The van der Waals surface area contributed by atoms with Crippen molar-refractivity contribution in [1.29, 1.82) is 0 Å². The molecule has 1 aromatic carbocycles. The number of aromatic amines is 1. The first-order valence-electron chi connectivity index (χ1n) is 8.27. The number of imidazole rings is 1. The van der Waals surface area contributed by atoms with Gasteiger partial charge >= 0.3 is 0 Å². The van der Waals surface area contributed by atoms with Crippen LogP contribution in [0.3, 0.4) is 0 Å². The number of H-pyrrole nitrogens is 1. The molecule has 0 spiro atoms. The first-order valence-corrected chi connectivity index (χ1v) is 8.27. The SMILES string of the molecule is O=C(c1cnc[nH]1)N1CCn2nc([C@H](O)Cc3ccccc3)cc2C1. The lowest BCUT2D eigenvalue weighted by atomic mass is 10.1. The van der Waals surface area contributed by atoms with Crippen LogP contribution in [0.25, 0.3) is 0 Å². The van der Waals surface area contributed by atoms with Crippen molar-refractivity contribution in [2.24, 2.45) is 0 Å². The number of nitrogens with one attached hydrogen (secondary N) is 1. The topological polar surface area (TPSA) is 87.0 Å². The minimum absolute atomic E-state index is 0.0728. The normalized spacial score (nSPS) is 15.0. The van der Waals surface area contributed by atoms with Crippen molar-refractivity contribution in [3.8, 4) is 0 Å². The lowest BCUT2D eigenvalue weighted by molar-refractivity contribution is 0.0700. The Morgan fingerprint density at radius 3 is 2.88 bits per heavy atom. The summed E-state index contributed by atoms with van der Waals surface area (Å²) in [7, 11) is 0. The number of aliphatic hydroxyl groups excluding tert-OH is 1. The minimum Gasteiger partial charge on any atom is -0.386 e. The van der Waals surface area contributed by atoms with Gasteiger partial charge in [0.25, 0.3) is 5.91 Å². The predicted molar refractivity (Wildman–Crippen MR) is 90.7 cm³/mol. The quantitative estimate of drug-likeness (QED) is 0.756. The van der Waals surface area contributed by atoms with Crippen LogP contribution in [0, 0.1) is 0 Å². The van der Waals surface area contributed by atoms with Crippen LogP contribution in [-0.2, 0) is 19.5 Å². The van der Waals surface area contributed by atoms with Crippen LogP contribution in [0.4, 0.5) is 0 Å². The summed E-state index contributed by atoms with van der Waals surface area (Å²) >= 11 is 0. The van der Waals surface area contributed by atoms with Crippen LogP contribution in [0.15, 0.2) is 48.9 Å². The zero-order chi connectivity index (χ0) is 17.2. The molecule has 1 aliphatic heterocycles. The number of benzene rings is 1. The van der Waals surface area contributed by atoms with Crippen LogP contribution >= 0.6 is 0 Å². The highest BCUT2D eigenvalue weighted by Crippen LogP contribution is 2.21. The van der Waals surface area contributed by atoms with Crippen molar-refractivity contribution >= 4 is 5.91 Å². The number of aliphatic hydroxyl groups is 1. The van der Waals surface area contributed by atoms with E-state index in [1.807, 2.05) is 41.1 Å². The van der Waals surface area contributed by atoms with Crippen molar-refractivity contribution in [3.63, 3.8) is 0 Å². The van der Waals surface area contributed by atoms with Gasteiger partial charge in [-0.3, -0.25) is 9.48 Å². The fourth-order valence-electron chi connectivity index (χ4n) is 3.11. The molecule has 1 amide bonds. The number of carbonyl (C=O) groups excluding carboxylic acids is 1. The van der Waals surface area contributed by atoms with E-state index in [4.69, 9.17) is 0 Å². The van der Waals surface area contributed by atoms with E-state index in [2.05, 4.69) is 15.1 Å². The molecule has 3 heterocycles. The fourth-order valence-corrected chi connectivity index (χ4v) is 3.11. The summed E-state index contributed by atoms with van der Waals surface area (Å²) in [6.45, 7) is 1.68. The van der Waals surface area contributed by atoms with Crippen molar-refractivity contribution in [3.05, 3.63) is 71.6 Å². The third kappa shape index (κ3) is 3.18. The molecule has 2 aromatic heterocycles. The predicted octanol–water partition coefficient (Wildman–Crippen LogP) is 1.54. The lowest BCUT2D eigenvalue weighted by Gasteiger charge is -2.27. The van der Waals surface area contributed by atoms with E-state index in [0.717, 1.165) is 11.3 Å². The first kappa shape index (κ1) is 15.6. The van der Waals surface area contributed by atoms with Gasteiger partial charge in [-0.25, -0.2) is 4.98 Å². The van der Waals surface area contributed by atoms with Crippen LogP contribution in [0.2, 0.25) is 0 Å². The Balaban J connectivity index is 1.48. The van der Waals surface area contributed by atoms with Crippen LogP contribution < -0.4 is 0 Å². The number of hydrogen-bond donors (Lipinski definition) is 2. The summed E-state index contributed by atoms with van der Waals surface area (Å²) in [5, 5.41) is 15.0. The number of fused-ring (bicyclic) bond motifs is 1. The summed E-state index contributed by atoms with van der Waals surface area (Å²) in [5.41, 5.74) is 3.13. The lowest BCUT2D eigenvalue weighted by Crippen LogP contribution is -2.38. The Morgan fingerprint density at radius 1 is 1.28 bits per heavy atom. The molecule has 2 N–H and O–H groups in total. The van der Waals surface area contributed by atoms with Gasteiger partial charge in [0.15, 0.2) is 0 Å². The van der Waals surface area contributed by atoms with Gasteiger partial charge in [0.1, 0.15) is 11.8 Å². The molecule has 7 nitrogen and oxygen atoms in total. The first-order chi connectivity index (χ1) is 12.2. The number of hydrogen-bond acceptors (Lipinski definition) is 4. The Bertz CT molecular complexity index is 857. The monoisotopic (exact) mass is 337 g/mol. The van der Waals surface area contributed by atoms with E-state index in [9.17, 15) is 9.90 Å². The van der Waals surface area contributed by atoms with Gasteiger partial charge in [-0.1, -0.05) is 30.3 Å². The minimum atomic E-state index is -0.655. The van der Waals surface area contributed by atoms with Crippen molar-refractivity contribution in [2.75, 3.05) is 6.54 Å². The molecule has 0 unspecified atom stereocenters. The second kappa shape index (κ2) is 6.52. The summed E-state index contributed by atoms with van der Waals surface area (Å²) < 4.78 is 1.88. The average Bonchev–Trinajstić information content (AvgIpc) is 3.31. The number of rotatable bonds is 4. The maximum atomic E-state index is 12.4. The summed E-state index contributed by atoms with van der Waals surface area (Å²) in [6.07, 6.45) is 2.90. The van der Waals surface area contributed by atoms with E-state index in [1.54, 1.807) is 4.90 Å². The molecule has 4 rings (SSSR count). The molecule has 0 radical (unpaired) electrons. The van der Waals surface area contributed by atoms with E-state index in [0.29, 0.717) is 37.4 Å². The third-order valence-corrected chi connectivity index (χ3v) is 4.45. The molecular formula is C18H19N5O2.